The van der Waals surface area contributed by atoms with E-state index in [1.807, 2.05) is 24.3 Å². The summed E-state index contributed by atoms with van der Waals surface area (Å²) in [5.41, 5.74) is 0.996. The van der Waals surface area contributed by atoms with E-state index in [-0.39, 0.29) is 0 Å². The Bertz CT molecular complexity index is 547. The largest absolute Gasteiger partial charge is 0.508 e. The summed E-state index contributed by atoms with van der Waals surface area (Å²) in [4.78, 5) is 2.31. The van der Waals surface area contributed by atoms with Gasteiger partial charge in [0, 0.05) is 25.2 Å². The van der Waals surface area contributed by atoms with Crippen molar-refractivity contribution >= 4 is 10.8 Å². The van der Waals surface area contributed by atoms with Gasteiger partial charge in [0.25, 0.3) is 0 Å². The third kappa shape index (κ3) is 2.33. The Kier molecular flexibility index (Phi) is 3.17. The smallest absolute Gasteiger partial charge is 0.120 e. The zero-order valence-corrected chi connectivity index (χ0v) is 10.3. The van der Waals surface area contributed by atoms with Crippen molar-refractivity contribution in [3.8, 4) is 5.75 Å². The van der Waals surface area contributed by atoms with E-state index in [0.29, 0.717) is 5.75 Å². The summed E-state index contributed by atoms with van der Waals surface area (Å²) < 4.78 is 5.33. The van der Waals surface area contributed by atoms with Gasteiger partial charge in [-0.2, -0.15) is 0 Å². The summed E-state index contributed by atoms with van der Waals surface area (Å²) in [6.07, 6.45) is 0. The third-order valence-electron chi connectivity index (χ3n) is 3.44. The lowest BCUT2D eigenvalue weighted by Gasteiger charge is -2.26. The molecule has 0 unspecified atom stereocenters. The number of phenolic OH excluding ortho intramolecular Hbond substituents is 1. The maximum atomic E-state index is 10.1. The minimum atomic E-state index is 0.389. The van der Waals surface area contributed by atoms with Crippen LogP contribution in [0, 0.1) is 0 Å². The summed E-state index contributed by atoms with van der Waals surface area (Å²) in [6.45, 7) is 4.24. The van der Waals surface area contributed by atoms with Crippen LogP contribution in [0.2, 0.25) is 0 Å². The van der Waals surface area contributed by atoms with Crippen LogP contribution in [0.1, 0.15) is 5.56 Å². The van der Waals surface area contributed by atoms with Crippen LogP contribution in [0.25, 0.3) is 10.8 Å². The number of aromatic hydroxyl groups is 1. The molecule has 0 aliphatic carbocycles. The molecule has 3 nitrogen and oxygen atoms in total. The number of hydrogen-bond acceptors (Lipinski definition) is 3. The van der Waals surface area contributed by atoms with E-state index in [2.05, 4.69) is 17.0 Å². The van der Waals surface area contributed by atoms with Crippen LogP contribution in [-0.4, -0.2) is 36.3 Å². The van der Waals surface area contributed by atoms with Crippen molar-refractivity contribution in [3.05, 3.63) is 42.0 Å². The highest BCUT2D eigenvalue weighted by molar-refractivity contribution is 5.84. The monoisotopic (exact) mass is 243 g/mol. The summed E-state index contributed by atoms with van der Waals surface area (Å²) in [5.74, 6) is 0.389. The number of benzene rings is 2. The second-order valence-electron chi connectivity index (χ2n) is 4.72. The summed E-state index contributed by atoms with van der Waals surface area (Å²) >= 11 is 0. The van der Waals surface area contributed by atoms with Gasteiger partial charge in [0.05, 0.1) is 13.2 Å². The molecule has 0 bridgehead atoms. The highest BCUT2D eigenvalue weighted by Crippen LogP contribution is 2.26. The first-order valence-electron chi connectivity index (χ1n) is 6.34. The Balaban J connectivity index is 1.88. The molecule has 94 valence electrons. The minimum absolute atomic E-state index is 0.389. The number of morpholine rings is 1. The predicted molar refractivity (Wildman–Crippen MR) is 71.7 cm³/mol. The second kappa shape index (κ2) is 4.96. The first-order valence-corrected chi connectivity index (χ1v) is 6.34. The quantitative estimate of drug-likeness (QED) is 0.879. The Morgan fingerprint density at radius 2 is 1.72 bits per heavy atom. The van der Waals surface area contributed by atoms with E-state index in [0.717, 1.165) is 43.8 Å². The van der Waals surface area contributed by atoms with Gasteiger partial charge in [-0.3, -0.25) is 4.90 Å². The van der Waals surface area contributed by atoms with Crippen LogP contribution in [0.4, 0.5) is 0 Å². The number of fused-ring (bicyclic) bond motifs is 1. The molecular formula is C15H17NO2. The normalized spacial score (nSPS) is 17.1. The molecule has 2 aromatic carbocycles. The molecule has 0 saturated carbocycles. The summed E-state index contributed by atoms with van der Waals surface area (Å²) in [7, 11) is 0. The Labute approximate surface area is 107 Å². The molecule has 1 saturated heterocycles. The lowest BCUT2D eigenvalue weighted by Crippen LogP contribution is -2.35. The molecule has 1 fully saturated rings. The van der Waals surface area contributed by atoms with E-state index >= 15 is 0 Å². The third-order valence-corrected chi connectivity index (χ3v) is 3.44. The van der Waals surface area contributed by atoms with Gasteiger partial charge < -0.3 is 9.84 Å². The molecule has 3 heteroatoms. The number of rotatable bonds is 2. The van der Waals surface area contributed by atoms with Gasteiger partial charge in [-0.1, -0.05) is 24.3 Å². The van der Waals surface area contributed by atoms with Gasteiger partial charge in [-0.15, -0.1) is 0 Å². The fraction of sp³-hybridized carbons (Fsp3) is 0.333. The number of hydrogen-bond donors (Lipinski definition) is 1. The summed E-state index contributed by atoms with van der Waals surface area (Å²) in [6, 6.07) is 12.1. The maximum Gasteiger partial charge on any atom is 0.120 e. The number of phenols is 1. The molecule has 18 heavy (non-hydrogen) atoms. The van der Waals surface area contributed by atoms with Crippen LogP contribution in [0.5, 0.6) is 5.75 Å². The van der Waals surface area contributed by atoms with Crippen LogP contribution in [-0.2, 0) is 11.3 Å². The SMILES string of the molecule is Oc1cc2ccccc2cc1CN1CCOCC1. The molecule has 1 aliphatic heterocycles. The zero-order valence-electron chi connectivity index (χ0n) is 10.3. The van der Waals surface area contributed by atoms with Crippen molar-refractivity contribution in [1.82, 2.24) is 4.90 Å². The fourth-order valence-electron chi connectivity index (χ4n) is 2.40. The first kappa shape index (κ1) is 11.5. The van der Waals surface area contributed by atoms with Crippen molar-refractivity contribution in [2.24, 2.45) is 0 Å². The molecule has 0 spiro atoms. The molecule has 0 radical (unpaired) electrons. The molecule has 1 aliphatic rings. The van der Waals surface area contributed by atoms with Crippen molar-refractivity contribution < 1.29 is 9.84 Å². The van der Waals surface area contributed by atoms with Crippen LogP contribution in [0.3, 0.4) is 0 Å². The standard InChI is InChI=1S/C15H17NO2/c17-15-10-13-4-2-1-3-12(13)9-14(15)11-16-5-7-18-8-6-16/h1-4,9-10,17H,5-8,11H2. The minimum Gasteiger partial charge on any atom is -0.508 e. The Morgan fingerprint density at radius 1 is 1.06 bits per heavy atom. The number of ether oxygens (including phenoxy) is 1. The van der Waals surface area contributed by atoms with Crippen LogP contribution < -0.4 is 0 Å². The van der Waals surface area contributed by atoms with Gasteiger partial charge >= 0.3 is 0 Å². The van der Waals surface area contributed by atoms with Crippen molar-refractivity contribution in [1.29, 1.82) is 0 Å². The summed E-state index contributed by atoms with van der Waals surface area (Å²) in [5, 5.41) is 12.3. The molecule has 0 atom stereocenters. The van der Waals surface area contributed by atoms with Gasteiger partial charge in [-0.25, -0.2) is 0 Å². The highest BCUT2D eigenvalue weighted by Gasteiger charge is 2.13. The first-order chi connectivity index (χ1) is 8.83. The van der Waals surface area contributed by atoms with Crippen LogP contribution >= 0.6 is 0 Å². The van der Waals surface area contributed by atoms with Gasteiger partial charge in [-0.05, 0) is 22.9 Å². The van der Waals surface area contributed by atoms with Crippen molar-refractivity contribution in [2.45, 2.75) is 6.54 Å². The van der Waals surface area contributed by atoms with E-state index in [1.54, 1.807) is 0 Å². The molecule has 0 amide bonds. The molecule has 3 rings (SSSR count). The molecule has 0 aromatic heterocycles. The van der Waals surface area contributed by atoms with Crippen molar-refractivity contribution in [3.63, 3.8) is 0 Å². The second-order valence-corrected chi connectivity index (χ2v) is 4.72. The lowest BCUT2D eigenvalue weighted by molar-refractivity contribution is 0.0339. The van der Waals surface area contributed by atoms with E-state index in [1.165, 1.54) is 5.39 Å². The highest BCUT2D eigenvalue weighted by atomic mass is 16.5. The Morgan fingerprint density at radius 3 is 2.44 bits per heavy atom. The van der Waals surface area contributed by atoms with E-state index in [4.69, 9.17) is 4.74 Å². The van der Waals surface area contributed by atoms with Gasteiger partial charge in [0.1, 0.15) is 5.75 Å². The van der Waals surface area contributed by atoms with E-state index in [9.17, 15) is 5.11 Å². The maximum absolute atomic E-state index is 10.1. The van der Waals surface area contributed by atoms with Crippen molar-refractivity contribution in [2.75, 3.05) is 26.3 Å². The molecule has 2 aromatic rings. The molecule has 1 N–H and O–H groups in total. The van der Waals surface area contributed by atoms with Gasteiger partial charge in [0.2, 0.25) is 0 Å². The molecular weight excluding hydrogens is 226 g/mol. The van der Waals surface area contributed by atoms with Crippen LogP contribution in [0.15, 0.2) is 36.4 Å². The predicted octanol–water partition coefficient (Wildman–Crippen LogP) is 2.38. The number of nitrogens with zero attached hydrogens (tertiary/aromatic N) is 1. The van der Waals surface area contributed by atoms with E-state index < -0.39 is 0 Å². The Hall–Kier alpha value is -1.58. The fourth-order valence-corrected chi connectivity index (χ4v) is 2.40. The molecule has 1 heterocycles. The zero-order chi connectivity index (χ0) is 12.4. The average Bonchev–Trinajstić information content (AvgIpc) is 2.41. The average molecular weight is 243 g/mol. The lowest BCUT2D eigenvalue weighted by atomic mass is 10.1. The topological polar surface area (TPSA) is 32.7 Å². The van der Waals surface area contributed by atoms with Gasteiger partial charge in [0.15, 0.2) is 0 Å².